The van der Waals surface area contributed by atoms with Crippen LogP contribution in [0.2, 0.25) is 0 Å². The summed E-state index contributed by atoms with van der Waals surface area (Å²) >= 11 is 0. The molecule has 0 aromatic heterocycles. The zero-order valence-electron chi connectivity index (χ0n) is 19.7. The van der Waals surface area contributed by atoms with E-state index in [4.69, 9.17) is 0 Å². The molecule has 0 unspecified atom stereocenters. The normalized spacial score (nSPS) is 19.2. The van der Waals surface area contributed by atoms with Crippen LogP contribution in [0, 0.1) is 27.6 Å². The molecule has 0 radical (unpaired) electrons. The topological polar surface area (TPSA) is 73.2 Å². The van der Waals surface area contributed by atoms with Crippen LogP contribution in [0.5, 0.6) is 0 Å². The van der Waals surface area contributed by atoms with Crippen molar-refractivity contribution in [1.29, 1.82) is 0 Å². The molecule has 2 fully saturated rings. The van der Waals surface area contributed by atoms with Crippen LogP contribution >= 0.6 is 0 Å². The first-order chi connectivity index (χ1) is 16.7. The minimum Gasteiger partial charge on any atom is -0.367 e. The van der Waals surface area contributed by atoms with Gasteiger partial charge in [-0.05, 0) is 31.7 Å². The average molecular weight is 492 g/mol. The predicted molar refractivity (Wildman–Crippen MR) is 126 cm³/mol. The van der Waals surface area contributed by atoms with Gasteiger partial charge in [0.2, 0.25) is 0 Å². The molecule has 11 heteroatoms. The Morgan fingerprint density at radius 3 is 2.17 bits per heavy atom. The number of carbonyl (C=O) groups is 1. The van der Waals surface area contributed by atoms with Gasteiger partial charge in [-0.25, -0.2) is 13.2 Å². The average Bonchev–Trinajstić information content (AvgIpc) is 2.83. The van der Waals surface area contributed by atoms with Gasteiger partial charge in [-0.15, -0.1) is 0 Å². The smallest absolute Gasteiger partial charge is 0.295 e. The van der Waals surface area contributed by atoms with Gasteiger partial charge in [0.05, 0.1) is 16.7 Å². The van der Waals surface area contributed by atoms with Gasteiger partial charge in [-0.1, -0.05) is 13.0 Å². The van der Waals surface area contributed by atoms with Crippen LogP contribution in [0.25, 0.3) is 0 Å². The number of piperazine rings is 2. The molecular formula is C24H28F3N5O3. The number of nitrogens with zero attached hydrogens (tertiary/aromatic N) is 5. The SMILES string of the molecule is CCN1CCN(c2cc(N3CCN(C(=O)c4c(F)cccc4F)[C@@H](C)C3)c([N+](=O)[O-])cc2F)CC1. The Morgan fingerprint density at radius 1 is 0.971 bits per heavy atom. The number of nitro groups is 1. The van der Waals surface area contributed by atoms with Crippen LogP contribution in [-0.4, -0.2) is 79.0 Å². The minimum absolute atomic E-state index is 0.104. The number of hydrogen-bond donors (Lipinski definition) is 0. The molecule has 2 aromatic rings. The highest BCUT2D eigenvalue weighted by Gasteiger charge is 2.34. The summed E-state index contributed by atoms with van der Waals surface area (Å²) in [5.74, 6) is -3.30. The van der Waals surface area contributed by atoms with E-state index < -0.39 is 39.9 Å². The molecule has 0 bridgehead atoms. The van der Waals surface area contributed by atoms with Crippen molar-refractivity contribution in [3.8, 4) is 0 Å². The quantitative estimate of drug-likeness (QED) is 0.471. The molecule has 2 aliphatic rings. The third-order valence-electron chi connectivity index (χ3n) is 6.81. The highest BCUT2D eigenvalue weighted by Crippen LogP contribution is 2.36. The fraction of sp³-hybridized carbons (Fsp3) is 0.458. The molecule has 2 aromatic carbocycles. The maximum absolute atomic E-state index is 14.9. The van der Waals surface area contributed by atoms with Gasteiger partial charge in [0.1, 0.15) is 22.9 Å². The van der Waals surface area contributed by atoms with Crippen LogP contribution in [0.3, 0.4) is 0 Å². The number of halogens is 3. The van der Waals surface area contributed by atoms with Crippen molar-refractivity contribution in [3.63, 3.8) is 0 Å². The molecule has 2 aliphatic heterocycles. The van der Waals surface area contributed by atoms with Crippen molar-refractivity contribution in [3.05, 3.63) is 63.5 Å². The fourth-order valence-corrected chi connectivity index (χ4v) is 4.81. The van der Waals surface area contributed by atoms with E-state index in [1.807, 2.05) is 4.90 Å². The summed E-state index contributed by atoms with van der Waals surface area (Å²) in [7, 11) is 0. The largest absolute Gasteiger partial charge is 0.367 e. The van der Waals surface area contributed by atoms with Gasteiger partial charge in [0.25, 0.3) is 11.6 Å². The maximum atomic E-state index is 14.9. The molecule has 0 N–H and O–H groups in total. The number of carbonyl (C=O) groups excluding carboxylic acids is 1. The number of hydrogen-bond acceptors (Lipinski definition) is 6. The van der Waals surface area contributed by atoms with E-state index >= 15 is 0 Å². The molecule has 35 heavy (non-hydrogen) atoms. The van der Waals surface area contributed by atoms with E-state index in [2.05, 4.69) is 11.8 Å². The minimum atomic E-state index is -0.938. The second-order valence-corrected chi connectivity index (χ2v) is 8.86. The lowest BCUT2D eigenvalue weighted by atomic mass is 10.1. The van der Waals surface area contributed by atoms with E-state index in [1.54, 1.807) is 11.8 Å². The molecule has 2 saturated heterocycles. The lowest BCUT2D eigenvalue weighted by Gasteiger charge is -2.41. The van der Waals surface area contributed by atoms with Crippen LogP contribution in [-0.2, 0) is 0 Å². The van der Waals surface area contributed by atoms with E-state index in [0.29, 0.717) is 18.8 Å². The highest BCUT2D eigenvalue weighted by atomic mass is 19.1. The van der Waals surface area contributed by atoms with Crippen molar-refractivity contribution in [1.82, 2.24) is 9.80 Å². The van der Waals surface area contributed by atoms with Crippen molar-refractivity contribution >= 4 is 23.0 Å². The molecule has 0 spiro atoms. The molecule has 4 rings (SSSR count). The van der Waals surface area contributed by atoms with Crippen LogP contribution in [0.15, 0.2) is 30.3 Å². The highest BCUT2D eigenvalue weighted by molar-refractivity contribution is 5.95. The third-order valence-corrected chi connectivity index (χ3v) is 6.81. The molecule has 0 saturated carbocycles. The molecule has 1 amide bonds. The lowest BCUT2D eigenvalue weighted by Crippen LogP contribution is -2.54. The summed E-state index contributed by atoms with van der Waals surface area (Å²) in [5, 5.41) is 11.7. The van der Waals surface area contributed by atoms with Gasteiger partial charge < -0.3 is 19.6 Å². The second kappa shape index (κ2) is 10.1. The van der Waals surface area contributed by atoms with E-state index in [0.717, 1.165) is 37.8 Å². The Hall–Kier alpha value is -3.34. The number of likely N-dealkylation sites (N-methyl/N-ethyl adjacent to an activating group) is 1. The molecule has 0 aliphatic carbocycles. The first-order valence-electron chi connectivity index (χ1n) is 11.7. The molecule has 2 heterocycles. The predicted octanol–water partition coefficient (Wildman–Crippen LogP) is 3.50. The van der Waals surface area contributed by atoms with Gasteiger partial charge in [-0.2, -0.15) is 0 Å². The standard InChI is InChI=1S/C24H28F3N5O3/c1-3-28-7-9-29(10-8-28)20-14-21(22(32(34)35)13-19(20)27)30-11-12-31(16(2)15-30)24(33)23-17(25)5-4-6-18(23)26/h4-6,13-14,16H,3,7-12,15H2,1-2H3/t16-/m0/s1. The Bertz CT molecular complexity index is 1100. The summed E-state index contributed by atoms with van der Waals surface area (Å²) in [4.78, 5) is 31.2. The number of rotatable bonds is 5. The van der Waals surface area contributed by atoms with Gasteiger partial charge in [-0.3, -0.25) is 14.9 Å². The van der Waals surface area contributed by atoms with E-state index in [9.17, 15) is 28.1 Å². The third kappa shape index (κ3) is 4.90. The number of amides is 1. The number of nitro benzene ring substituents is 1. The van der Waals surface area contributed by atoms with Crippen LogP contribution in [0.1, 0.15) is 24.2 Å². The Morgan fingerprint density at radius 2 is 1.60 bits per heavy atom. The Kier molecular flexibility index (Phi) is 7.15. The van der Waals surface area contributed by atoms with Gasteiger partial charge in [0, 0.05) is 51.9 Å². The second-order valence-electron chi connectivity index (χ2n) is 8.86. The monoisotopic (exact) mass is 491 g/mol. The van der Waals surface area contributed by atoms with Crippen LogP contribution < -0.4 is 9.80 Å². The Labute approximate surface area is 201 Å². The van der Waals surface area contributed by atoms with Gasteiger partial charge in [0.15, 0.2) is 5.82 Å². The zero-order chi connectivity index (χ0) is 25.3. The first kappa shape index (κ1) is 24.8. The van der Waals surface area contributed by atoms with E-state index in [-0.39, 0.29) is 31.0 Å². The van der Waals surface area contributed by atoms with Crippen LogP contribution in [0.4, 0.5) is 30.2 Å². The summed E-state index contributed by atoms with van der Waals surface area (Å²) in [6.45, 7) is 7.92. The van der Waals surface area contributed by atoms with Crippen molar-refractivity contribution in [2.45, 2.75) is 19.9 Å². The summed E-state index contributed by atoms with van der Waals surface area (Å²) in [5.41, 5.74) is -0.402. The lowest BCUT2D eigenvalue weighted by molar-refractivity contribution is -0.384. The van der Waals surface area contributed by atoms with E-state index in [1.165, 1.54) is 17.0 Å². The number of anilines is 2. The van der Waals surface area contributed by atoms with Crippen molar-refractivity contribution in [2.75, 3.05) is 62.2 Å². The fourth-order valence-electron chi connectivity index (χ4n) is 4.81. The van der Waals surface area contributed by atoms with Crippen molar-refractivity contribution in [2.24, 2.45) is 0 Å². The molecule has 1 atom stereocenters. The maximum Gasteiger partial charge on any atom is 0.295 e. The molecule has 8 nitrogen and oxygen atoms in total. The summed E-state index contributed by atoms with van der Waals surface area (Å²) in [6, 6.07) is 5.22. The Balaban J connectivity index is 1.58. The zero-order valence-corrected chi connectivity index (χ0v) is 19.7. The first-order valence-corrected chi connectivity index (χ1v) is 11.7. The summed E-state index contributed by atoms with van der Waals surface area (Å²) in [6.07, 6.45) is 0. The molecular weight excluding hydrogens is 463 g/mol. The van der Waals surface area contributed by atoms with Crippen molar-refractivity contribution < 1.29 is 22.9 Å². The van der Waals surface area contributed by atoms with Gasteiger partial charge >= 0.3 is 0 Å². The number of benzene rings is 2. The molecule has 188 valence electrons. The summed E-state index contributed by atoms with van der Waals surface area (Å²) < 4.78 is 43.2.